The number of carbonyl (C=O) groups excluding carboxylic acids is 1. The number of furan rings is 1. The SMILES string of the molecule is O=C(c1cc2cc(Cl)ccc2o1)N1CC2C[C@@H](C1)Cn1c2cccc1=O. The van der Waals surface area contributed by atoms with Crippen molar-refractivity contribution in [1.82, 2.24) is 9.47 Å². The molecule has 132 valence electrons. The van der Waals surface area contributed by atoms with Crippen molar-refractivity contribution >= 4 is 28.5 Å². The number of benzene rings is 1. The van der Waals surface area contributed by atoms with Crippen molar-refractivity contribution in [2.24, 2.45) is 5.92 Å². The molecule has 2 aliphatic rings. The summed E-state index contributed by atoms with van der Waals surface area (Å²) in [5.74, 6) is 0.731. The van der Waals surface area contributed by atoms with Crippen LogP contribution in [0.3, 0.4) is 0 Å². The van der Waals surface area contributed by atoms with Gasteiger partial charge in [-0.15, -0.1) is 0 Å². The Morgan fingerprint density at radius 3 is 2.88 bits per heavy atom. The summed E-state index contributed by atoms with van der Waals surface area (Å²) in [7, 11) is 0. The van der Waals surface area contributed by atoms with Crippen LogP contribution in [0.4, 0.5) is 0 Å². The lowest BCUT2D eigenvalue weighted by molar-refractivity contribution is 0.0566. The molecule has 2 atom stereocenters. The van der Waals surface area contributed by atoms with E-state index in [1.807, 2.05) is 15.5 Å². The summed E-state index contributed by atoms with van der Waals surface area (Å²) in [5, 5.41) is 1.45. The maximum atomic E-state index is 13.0. The predicted octanol–water partition coefficient (Wildman–Crippen LogP) is 3.51. The largest absolute Gasteiger partial charge is 0.451 e. The Hall–Kier alpha value is -2.53. The summed E-state index contributed by atoms with van der Waals surface area (Å²) in [4.78, 5) is 27.0. The van der Waals surface area contributed by atoms with Crippen molar-refractivity contribution in [3.05, 3.63) is 69.3 Å². The number of carbonyl (C=O) groups is 1. The molecule has 1 aromatic carbocycles. The molecule has 0 N–H and O–H groups in total. The van der Waals surface area contributed by atoms with Gasteiger partial charge in [-0.05, 0) is 42.7 Å². The lowest BCUT2D eigenvalue weighted by Gasteiger charge is -2.42. The minimum atomic E-state index is -0.0984. The third-order valence-corrected chi connectivity index (χ3v) is 5.69. The molecule has 1 saturated heterocycles. The van der Waals surface area contributed by atoms with Crippen LogP contribution >= 0.6 is 11.6 Å². The number of hydrogen-bond acceptors (Lipinski definition) is 3. The molecule has 5 nitrogen and oxygen atoms in total. The van der Waals surface area contributed by atoms with Crippen molar-refractivity contribution in [3.8, 4) is 0 Å². The van der Waals surface area contributed by atoms with Crippen LogP contribution in [0.25, 0.3) is 11.0 Å². The normalized spacial score (nSPS) is 21.7. The van der Waals surface area contributed by atoms with E-state index in [0.717, 1.165) is 17.5 Å². The first-order valence-corrected chi connectivity index (χ1v) is 9.14. The summed E-state index contributed by atoms with van der Waals surface area (Å²) < 4.78 is 7.61. The van der Waals surface area contributed by atoms with Gasteiger partial charge in [-0.25, -0.2) is 0 Å². The molecule has 0 aliphatic carbocycles. The molecule has 6 heteroatoms. The summed E-state index contributed by atoms with van der Waals surface area (Å²) in [6.07, 6.45) is 1.02. The Morgan fingerprint density at radius 1 is 1.12 bits per heavy atom. The minimum absolute atomic E-state index is 0.0474. The topological polar surface area (TPSA) is 55.5 Å². The highest BCUT2D eigenvalue weighted by atomic mass is 35.5. The monoisotopic (exact) mass is 368 g/mol. The molecule has 4 heterocycles. The average Bonchev–Trinajstić information content (AvgIpc) is 3.05. The third-order valence-electron chi connectivity index (χ3n) is 5.46. The second kappa shape index (κ2) is 5.74. The molecule has 3 aromatic rings. The Kier molecular flexibility index (Phi) is 3.47. The number of fused-ring (bicyclic) bond motifs is 5. The van der Waals surface area contributed by atoms with Crippen molar-refractivity contribution in [3.63, 3.8) is 0 Å². The zero-order valence-electron chi connectivity index (χ0n) is 14.0. The summed E-state index contributed by atoms with van der Waals surface area (Å²) in [5.41, 5.74) is 1.74. The number of hydrogen-bond donors (Lipinski definition) is 0. The first kappa shape index (κ1) is 15.7. The third kappa shape index (κ3) is 2.46. The van der Waals surface area contributed by atoms with Crippen molar-refractivity contribution in [2.75, 3.05) is 13.1 Å². The van der Waals surface area contributed by atoms with E-state index in [-0.39, 0.29) is 17.4 Å². The number of likely N-dealkylation sites (tertiary alicyclic amines) is 1. The standard InChI is InChI=1S/C20H17ClN2O3/c21-15-4-5-17-13(7-15)8-18(26-17)20(25)22-9-12-6-14(11-22)16-2-1-3-19(24)23(16)10-12/h1-5,7-8,12,14H,6,9-11H2/t12-,14?/m0/s1. The Morgan fingerprint density at radius 2 is 2.00 bits per heavy atom. The molecule has 0 radical (unpaired) electrons. The Bertz CT molecular complexity index is 1080. The van der Waals surface area contributed by atoms with Gasteiger partial charge in [-0.3, -0.25) is 9.59 Å². The molecule has 26 heavy (non-hydrogen) atoms. The van der Waals surface area contributed by atoms with Crippen LogP contribution < -0.4 is 5.56 Å². The van der Waals surface area contributed by atoms with Gasteiger partial charge in [0.05, 0.1) is 0 Å². The van der Waals surface area contributed by atoms with E-state index in [9.17, 15) is 9.59 Å². The van der Waals surface area contributed by atoms with Crippen LogP contribution in [0, 0.1) is 5.92 Å². The molecule has 2 aromatic heterocycles. The highest BCUT2D eigenvalue weighted by molar-refractivity contribution is 6.31. The summed E-state index contributed by atoms with van der Waals surface area (Å²) >= 11 is 6.02. The van der Waals surface area contributed by atoms with Crippen molar-refractivity contribution in [2.45, 2.75) is 18.9 Å². The second-order valence-corrected chi connectivity index (χ2v) is 7.64. The maximum absolute atomic E-state index is 13.0. The highest BCUT2D eigenvalue weighted by Gasteiger charge is 2.37. The van der Waals surface area contributed by atoms with Crippen LogP contribution in [0.15, 0.2) is 51.7 Å². The quantitative estimate of drug-likeness (QED) is 0.660. The lowest BCUT2D eigenvalue weighted by atomic mass is 9.83. The van der Waals surface area contributed by atoms with E-state index in [1.54, 1.807) is 36.4 Å². The van der Waals surface area contributed by atoms with Crippen LogP contribution in [-0.2, 0) is 6.54 Å². The molecule has 1 fully saturated rings. The Labute approximate surface area is 154 Å². The Balaban J connectivity index is 1.46. The molecule has 0 saturated carbocycles. The van der Waals surface area contributed by atoms with Crippen molar-refractivity contribution < 1.29 is 9.21 Å². The number of rotatable bonds is 1. The van der Waals surface area contributed by atoms with Crippen LogP contribution in [0.1, 0.15) is 28.6 Å². The van der Waals surface area contributed by atoms with Crippen molar-refractivity contribution in [1.29, 1.82) is 0 Å². The molecule has 1 unspecified atom stereocenters. The highest BCUT2D eigenvalue weighted by Crippen LogP contribution is 2.36. The van der Waals surface area contributed by atoms with E-state index in [4.69, 9.17) is 16.0 Å². The van der Waals surface area contributed by atoms with Gasteiger partial charge in [0.25, 0.3) is 11.5 Å². The number of pyridine rings is 1. The van der Waals surface area contributed by atoms with Gasteiger partial charge in [0.1, 0.15) is 5.58 Å². The predicted molar refractivity (Wildman–Crippen MR) is 98.7 cm³/mol. The van der Waals surface area contributed by atoms with E-state index in [2.05, 4.69) is 0 Å². The fourth-order valence-corrected chi connectivity index (χ4v) is 4.52. The number of piperidine rings is 1. The summed E-state index contributed by atoms with van der Waals surface area (Å²) in [6.45, 7) is 1.93. The maximum Gasteiger partial charge on any atom is 0.289 e. The molecule has 5 rings (SSSR count). The van der Waals surface area contributed by atoms with Gasteiger partial charge in [0.2, 0.25) is 0 Å². The van der Waals surface area contributed by atoms with Crippen LogP contribution in [0.2, 0.25) is 5.02 Å². The molecule has 0 spiro atoms. The van der Waals surface area contributed by atoms with Gasteiger partial charge in [-0.2, -0.15) is 0 Å². The lowest BCUT2D eigenvalue weighted by Crippen LogP contribution is -2.49. The fourth-order valence-electron chi connectivity index (χ4n) is 4.34. The number of amides is 1. The smallest absolute Gasteiger partial charge is 0.289 e. The van der Waals surface area contributed by atoms with Gasteiger partial charge in [-0.1, -0.05) is 17.7 Å². The molecular weight excluding hydrogens is 352 g/mol. The number of halogens is 1. The first-order valence-electron chi connectivity index (χ1n) is 8.76. The second-order valence-electron chi connectivity index (χ2n) is 7.20. The van der Waals surface area contributed by atoms with E-state index < -0.39 is 0 Å². The van der Waals surface area contributed by atoms with E-state index in [0.29, 0.717) is 41.9 Å². The zero-order valence-corrected chi connectivity index (χ0v) is 14.8. The molecule has 2 aliphatic heterocycles. The van der Waals surface area contributed by atoms with Crippen LogP contribution in [-0.4, -0.2) is 28.5 Å². The van der Waals surface area contributed by atoms with E-state index >= 15 is 0 Å². The molecular formula is C20H17ClN2O3. The van der Waals surface area contributed by atoms with E-state index in [1.165, 1.54) is 0 Å². The zero-order chi connectivity index (χ0) is 17.8. The number of nitrogens with zero attached hydrogens (tertiary/aromatic N) is 2. The fraction of sp³-hybridized carbons (Fsp3) is 0.300. The first-order chi connectivity index (χ1) is 12.6. The van der Waals surface area contributed by atoms with Gasteiger partial charge in [0, 0.05) is 47.7 Å². The number of aromatic nitrogens is 1. The van der Waals surface area contributed by atoms with Gasteiger partial charge < -0.3 is 13.9 Å². The van der Waals surface area contributed by atoms with Crippen LogP contribution in [0.5, 0.6) is 0 Å². The molecule has 1 amide bonds. The molecule has 2 bridgehead atoms. The minimum Gasteiger partial charge on any atom is -0.451 e. The average molecular weight is 369 g/mol. The summed E-state index contributed by atoms with van der Waals surface area (Å²) in [6, 6.07) is 12.5. The van der Waals surface area contributed by atoms with Gasteiger partial charge in [0.15, 0.2) is 5.76 Å². The van der Waals surface area contributed by atoms with Gasteiger partial charge >= 0.3 is 0 Å².